The molecule has 0 spiro atoms. The van der Waals surface area contributed by atoms with Gasteiger partial charge in [0.15, 0.2) is 0 Å². The van der Waals surface area contributed by atoms with Crippen molar-refractivity contribution in [2.24, 2.45) is 5.92 Å². The van der Waals surface area contributed by atoms with Gasteiger partial charge in [-0.25, -0.2) is 17.1 Å². The molecule has 1 unspecified atom stereocenters. The molecule has 1 aliphatic heterocycles. The van der Waals surface area contributed by atoms with E-state index in [-0.39, 0.29) is 5.75 Å². The Morgan fingerprint density at radius 2 is 2.25 bits per heavy atom. The zero-order chi connectivity index (χ0) is 14.6. The molecular formula is C14H21FN2O2S. The lowest BCUT2D eigenvalue weighted by atomic mass is 10.00. The van der Waals surface area contributed by atoms with Gasteiger partial charge in [0.2, 0.25) is 10.0 Å². The topological polar surface area (TPSA) is 49.4 Å². The third-order valence-corrected chi connectivity index (χ3v) is 5.42. The Hall–Kier alpha value is -0.980. The molecule has 0 aromatic heterocycles. The van der Waals surface area contributed by atoms with Gasteiger partial charge in [-0.3, -0.25) is 0 Å². The average Bonchev–Trinajstić information content (AvgIpc) is 2.39. The maximum absolute atomic E-state index is 13.1. The summed E-state index contributed by atoms with van der Waals surface area (Å²) in [4.78, 5) is 0. The highest BCUT2D eigenvalue weighted by Crippen LogP contribution is 2.21. The summed E-state index contributed by atoms with van der Waals surface area (Å²) in [6, 6.07) is 5.79. The summed E-state index contributed by atoms with van der Waals surface area (Å²) < 4.78 is 39.5. The fourth-order valence-electron chi connectivity index (χ4n) is 2.66. The molecular weight excluding hydrogens is 279 g/mol. The van der Waals surface area contributed by atoms with Gasteiger partial charge in [0.25, 0.3) is 0 Å². The number of piperidine rings is 1. The van der Waals surface area contributed by atoms with Crippen molar-refractivity contribution < 1.29 is 12.8 Å². The van der Waals surface area contributed by atoms with Crippen LogP contribution in [-0.4, -0.2) is 39.4 Å². The normalized spacial score (nSPS) is 21.0. The summed E-state index contributed by atoms with van der Waals surface area (Å²) in [7, 11) is -1.49. The van der Waals surface area contributed by atoms with Crippen molar-refractivity contribution in [2.75, 3.05) is 26.7 Å². The molecule has 0 bridgehead atoms. The third kappa shape index (κ3) is 4.01. The van der Waals surface area contributed by atoms with Crippen molar-refractivity contribution in [1.82, 2.24) is 9.62 Å². The fraction of sp³-hybridized carbons (Fsp3) is 0.571. The number of hydrogen-bond acceptors (Lipinski definition) is 3. The van der Waals surface area contributed by atoms with Gasteiger partial charge < -0.3 is 5.32 Å². The van der Waals surface area contributed by atoms with Gasteiger partial charge in [-0.2, -0.15) is 0 Å². The number of rotatable bonds is 5. The zero-order valence-electron chi connectivity index (χ0n) is 11.7. The number of nitrogens with one attached hydrogen (secondary N) is 1. The number of nitrogens with zero attached hydrogens (tertiary/aromatic N) is 1. The largest absolute Gasteiger partial charge is 0.319 e. The van der Waals surface area contributed by atoms with Crippen LogP contribution in [0.4, 0.5) is 4.39 Å². The number of sulfonamides is 1. The van der Waals surface area contributed by atoms with Crippen LogP contribution in [-0.2, 0) is 15.8 Å². The highest BCUT2D eigenvalue weighted by molar-refractivity contribution is 7.88. The molecule has 0 saturated carbocycles. The molecule has 1 saturated heterocycles. The second kappa shape index (κ2) is 6.65. The van der Waals surface area contributed by atoms with Gasteiger partial charge in [0.1, 0.15) is 5.82 Å². The molecule has 112 valence electrons. The van der Waals surface area contributed by atoms with Crippen molar-refractivity contribution in [1.29, 1.82) is 0 Å². The molecule has 1 aromatic rings. The quantitative estimate of drug-likeness (QED) is 0.898. The third-order valence-electron chi connectivity index (χ3n) is 3.61. The number of hydrogen-bond donors (Lipinski definition) is 1. The van der Waals surface area contributed by atoms with Crippen molar-refractivity contribution >= 4 is 10.0 Å². The molecule has 2 rings (SSSR count). The predicted molar refractivity (Wildman–Crippen MR) is 77.2 cm³/mol. The van der Waals surface area contributed by atoms with Crippen molar-refractivity contribution in [3.8, 4) is 0 Å². The first kappa shape index (κ1) is 15.4. The van der Waals surface area contributed by atoms with Gasteiger partial charge in [-0.05, 0) is 50.0 Å². The molecule has 0 aliphatic carbocycles. The molecule has 1 aromatic carbocycles. The smallest absolute Gasteiger partial charge is 0.218 e. The highest BCUT2D eigenvalue weighted by Gasteiger charge is 2.28. The molecule has 4 nitrogen and oxygen atoms in total. The summed E-state index contributed by atoms with van der Waals surface area (Å²) in [5, 5.41) is 3.10. The van der Waals surface area contributed by atoms with Crippen LogP contribution in [0.1, 0.15) is 18.4 Å². The van der Waals surface area contributed by atoms with Crippen molar-refractivity contribution in [3.05, 3.63) is 35.6 Å². The minimum atomic E-state index is -3.37. The Bertz CT molecular complexity index is 546. The van der Waals surface area contributed by atoms with E-state index in [1.807, 2.05) is 7.05 Å². The summed E-state index contributed by atoms with van der Waals surface area (Å²) in [6.07, 6.45) is 1.93. The van der Waals surface area contributed by atoms with E-state index in [4.69, 9.17) is 0 Å². The first-order valence-corrected chi connectivity index (χ1v) is 8.49. The van der Waals surface area contributed by atoms with E-state index in [1.165, 1.54) is 12.1 Å². The molecule has 1 fully saturated rings. The van der Waals surface area contributed by atoms with E-state index in [9.17, 15) is 12.8 Å². The van der Waals surface area contributed by atoms with Crippen molar-refractivity contribution in [3.63, 3.8) is 0 Å². The van der Waals surface area contributed by atoms with Crippen molar-refractivity contribution in [2.45, 2.75) is 18.6 Å². The van der Waals surface area contributed by atoms with Crippen LogP contribution in [0.15, 0.2) is 24.3 Å². The second-order valence-corrected chi connectivity index (χ2v) is 7.28. The van der Waals surface area contributed by atoms with E-state index in [0.717, 1.165) is 19.4 Å². The molecule has 0 amide bonds. The highest BCUT2D eigenvalue weighted by atomic mass is 32.2. The van der Waals surface area contributed by atoms with Crippen LogP contribution >= 0.6 is 0 Å². The zero-order valence-corrected chi connectivity index (χ0v) is 12.5. The maximum Gasteiger partial charge on any atom is 0.218 e. The molecule has 1 atom stereocenters. The molecule has 20 heavy (non-hydrogen) atoms. The second-order valence-electron chi connectivity index (χ2n) is 5.31. The number of benzene rings is 1. The predicted octanol–water partition coefficient (Wildman–Crippen LogP) is 1.59. The van der Waals surface area contributed by atoms with Crippen LogP contribution in [0.2, 0.25) is 0 Å². The molecule has 1 N–H and O–H groups in total. The van der Waals surface area contributed by atoms with Gasteiger partial charge in [0.05, 0.1) is 5.75 Å². The lowest BCUT2D eigenvalue weighted by Gasteiger charge is -2.31. The lowest BCUT2D eigenvalue weighted by molar-refractivity contribution is 0.263. The van der Waals surface area contributed by atoms with E-state index < -0.39 is 15.8 Å². The van der Waals surface area contributed by atoms with Crippen LogP contribution < -0.4 is 5.32 Å². The standard InChI is InChI=1S/C14H21FN2O2S/c1-16-9-13-5-3-7-17(10-13)20(18,19)11-12-4-2-6-14(15)8-12/h2,4,6,8,13,16H,3,5,7,9-11H2,1H3. The van der Waals surface area contributed by atoms with E-state index >= 15 is 0 Å². The van der Waals surface area contributed by atoms with Gasteiger partial charge in [-0.1, -0.05) is 12.1 Å². The summed E-state index contributed by atoms with van der Waals surface area (Å²) in [5.74, 6) is -0.169. The van der Waals surface area contributed by atoms with Crippen LogP contribution in [0.5, 0.6) is 0 Å². The maximum atomic E-state index is 13.1. The van der Waals surface area contributed by atoms with E-state index in [0.29, 0.717) is 24.6 Å². The molecule has 6 heteroatoms. The number of halogens is 1. The van der Waals surface area contributed by atoms with Gasteiger partial charge >= 0.3 is 0 Å². The molecule has 1 heterocycles. The summed E-state index contributed by atoms with van der Waals surface area (Å²) in [5.41, 5.74) is 0.501. The Kier molecular flexibility index (Phi) is 5.12. The Balaban J connectivity index is 2.06. The van der Waals surface area contributed by atoms with E-state index in [2.05, 4.69) is 5.32 Å². The first-order chi connectivity index (χ1) is 9.51. The fourth-order valence-corrected chi connectivity index (χ4v) is 4.29. The SMILES string of the molecule is CNCC1CCCN(S(=O)(=O)Cc2cccc(F)c2)C1. The van der Waals surface area contributed by atoms with Gasteiger partial charge in [0, 0.05) is 13.1 Å². The molecule has 0 radical (unpaired) electrons. The summed E-state index contributed by atoms with van der Waals surface area (Å²) >= 11 is 0. The minimum absolute atomic E-state index is 0.128. The van der Waals surface area contributed by atoms with Gasteiger partial charge in [-0.15, -0.1) is 0 Å². The Morgan fingerprint density at radius 3 is 2.95 bits per heavy atom. The monoisotopic (exact) mass is 300 g/mol. The van der Waals surface area contributed by atoms with Crippen LogP contribution in [0.3, 0.4) is 0 Å². The first-order valence-electron chi connectivity index (χ1n) is 6.88. The Morgan fingerprint density at radius 1 is 1.45 bits per heavy atom. The Labute approximate surface area is 120 Å². The van der Waals surface area contributed by atoms with Crippen LogP contribution in [0, 0.1) is 11.7 Å². The minimum Gasteiger partial charge on any atom is -0.319 e. The average molecular weight is 300 g/mol. The summed E-state index contributed by atoms with van der Waals surface area (Å²) in [6.45, 7) is 1.95. The van der Waals surface area contributed by atoms with E-state index in [1.54, 1.807) is 16.4 Å². The van der Waals surface area contributed by atoms with Crippen LogP contribution in [0.25, 0.3) is 0 Å². The lowest BCUT2D eigenvalue weighted by Crippen LogP contribution is -2.42. The molecule has 1 aliphatic rings.